The van der Waals surface area contributed by atoms with Gasteiger partial charge in [0.05, 0.1) is 6.54 Å². The van der Waals surface area contributed by atoms with Crippen molar-refractivity contribution in [1.29, 1.82) is 0 Å². The molecular formula is C16H20ClN3O2S. The van der Waals surface area contributed by atoms with E-state index in [1.165, 1.54) is 17.7 Å². The lowest BCUT2D eigenvalue weighted by atomic mass is 10.2. The van der Waals surface area contributed by atoms with Crippen LogP contribution < -0.4 is 5.56 Å². The van der Waals surface area contributed by atoms with Crippen molar-refractivity contribution in [2.24, 2.45) is 0 Å². The van der Waals surface area contributed by atoms with Gasteiger partial charge in [0.1, 0.15) is 11.7 Å². The number of thiophene rings is 1. The number of aryl methyl sites for hydroxylation is 1. The zero-order valence-electron chi connectivity index (χ0n) is 13.5. The van der Waals surface area contributed by atoms with Crippen molar-refractivity contribution < 1.29 is 4.79 Å². The number of nitrogens with zero attached hydrogens (tertiary/aromatic N) is 3. The summed E-state index contributed by atoms with van der Waals surface area (Å²) in [6, 6.07) is 4.87. The first-order chi connectivity index (χ1) is 10.9. The number of halogens is 1. The lowest BCUT2D eigenvalue weighted by molar-refractivity contribution is -0.134. The Labute approximate surface area is 144 Å². The van der Waals surface area contributed by atoms with Crippen molar-refractivity contribution in [2.45, 2.75) is 46.3 Å². The van der Waals surface area contributed by atoms with Crippen molar-refractivity contribution in [3.8, 4) is 0 Å². The van der Waals surface area contributed by atoms with Gasteiger partial charge in [-0.2, -0.15) is 5.10 Å². The monoisotopic (exact) mass is 353 g/mol. The minimum atomic E-state index is -0.334. The third-order valence-corrected chi connectivity index (χ3v) is 5.05. The van der Waals surface area contributed by atoms with Gasteiger partial charge in [-0.1, -0.05) is 18.5 Å². The highest BCUT2D eigenvalue weighted by atomic mass is 35.5. The van der Waals surface area contributed by atoms with E-state index in [9.17, 15) is 9.59 Å². The summed E-state index contributed by atoms with van der Waals surface area (Å²) in [4.78, 5) is 27.5. The molecule has 0 spiro atoms. The van der Waals surface area contributed by atoms with Gasteiger partial charge in [-0.15, -0.1) is 11.3 Å². The van der Waals surface area contributed by atoms with Crippen molar-refractivity contribution in [2.75, 3.05) is 0 Å². The molecule has 0 aliphatic heterocycles. The molecule has 0 N–H and O–H groups in total. The predicted octanol–water partition coefficient (Wildman–Crippen LogP) is 3.09. The molecule has 0 radical (unpaired) electrons. The third kappa shape index (κ3) is 4.42. The van der Waals surface area contributed by atoms with Crippen LogP contribution in [0.25, 0.3) is 0 Å². The van der Waals surface area contributed by atoms with Gasteiger partial charge in [0.2, 0.25) is 5.91 Å². The number of rotatable bonds is 6. The molecule has 5 nitrogen and oxygen atoms in total. The molecule has 1 atom stereocenters. The van der Waals surface area contributed by atoms with Crippen molar-refractivity contribution in [1.82, 2.24) is 14.7 Å². The normalized spacial score (nSPS) is 12.2. The Hall–Kier alpha value is -1.66. The van der Waals surface area contributed by atoms with Crippen LogP contribution in [0.15, 0.2) is 28.4 Å². The SMILES string of the molecule is CC[C@H](C)N(Cc1sccc1C)C(=O)Cn1nc(Cl)ccc1=O. The van der Waals surface area contributed by atoms with Gasteiger partial charge in [0.15, 0.2) is 0 Å². The Bertz CT molecular complexity index is 741. The number of aromatic nitrogens is 2. The first-order valence-corrected chi connectivity index (χ1v) is 8.74. The zero-order chi connectivity index (χ0) is 17.0. The van der Waals surface area contributed by atoms with Gasteiger partial charge in [-0.25, -0.2) is 4.68 Å². The molecule has 1 amide bonds. The Morgan fingerprint density at radius 3 is 2.78 bits per heavy atom. The number of amides is 1. The largest absolute Gasteiger partial charge is 0.333 e. The van der Waals surface area contributed by atoms with Crippen LogP contribution >= 0.6 is 22.9 Å². The van der Waals surface area contributed by atoms with Gasteiger partial charge in [0.25, 0.3) is 5.56 Å². The first-order valence-electron chi connectivity index (χ1n) is 7.48. The summed E-state index contributed by atoms with van der Waals surface area (Å²) in [5.41, 5.74) is 0.841. The summed E-state index contributed by atoms with van der Waals surface area (Å²) in [5, 5.41) is 6.14. The Morgan fingerprint density at radius 2 is 2.17 bits per heavy atom. The molecule has 0 saturated heterocycles. The zero-order valence-corrected chi connectivity index (χ0v) is 15.0. The fourth-order valence-corrected chi connectivity index (χ4v) is 3.25. The van der Waals surface area contributed by atoms with Crippen LogP contribution in [0, 0.1) is 6.92 Å². The molecule has 0 saturated carbocycles. The van der Waals surface area contributed by atoms with Gasteiger partial charge in [0, 0.05) is 17.0 Å². The lowest BCUT2D eigenvalue weighted by Gasteiger charge is -2.28. The molecule has 0 aromatic carbocycles. The first kappa shape index (κ1) is 17.7. The van der Waals surface area contributed by atoms with Crippen LogP contribution in [0.2, 0.25) is 5.15 Å². The van der Waals surface area contributed by atoms with Gasteiger partial charge < -0.3 is 4.90 Å². The van der Waals surface area contributed by atoms with E-state index in [0.29, 0.717) is 6.54 Å². The van der Waals surface area contributed by atoms with Crippen molar-refractivity contribution >= 4 is 28.8 Å². The fraction of sp³-hybridized carbons (Fsp3) is 0.438. The van der Waals surface area contributed by atoms with Gasteiger partial charge >= 0.3 is 0 Å². The van der Waals surface area contributed by atoms with E-state index in [1.54, 1.807) is 16.2 Å². The van der Waals surface area contributed by atoms with E-state index in [2.05, 4.69) is 5.10 Å². The number of carbonyl (C=O) groups excluding carboxylic acids is 1. The second kappa shape index (κ2) is 7.75. The number of carbonyl (C=O) groups is 1. The Morgan fingerprint density at radius 1 is 1.43 bits per heavy atom. The van der Waals surface area contributed by atoms with Crippen LogP contribution in [-0.2, 0) is 17.9 Å². The summed E-state index contributed by atoms with van der Waals surface area (Å²) in [6.07, 6.45) is 0.841. The third-order valence-electron chi connectivity index (χ3n) is 3.84. The van der Waals surface area contributed by atoms with E-state index in [0.717, 1.165) is 16.0 Å². The quantitative estimate of drug-likeness (QED) is 0.801. The van der Waals surface area contributed by atoms with Gasteiger partial charge in [-0.3, -0.25) is 9.59 Å². The van der Waals surface area contributed by atoms with Crippen molar-refractivity contribution in [3.63, 3.8) is 0 Å². The smallest absolute Gasteiger partial charge is 0.267 e. The second-order valence-electron chi connectivity index (χ2n) is 5.46. The molecule has 0 bridgehead atoms. The molecule has 0 fully saturated rings. The van der Waals surface area contributed by atoms with Crippen LogP contribution in [0.3, 0.4) is 0 Å². The second-order valence-corrected chi connectivity index (χ2v) is 6.85. The molecule has 124 valence electrons. The molecule has 0 aliphatic carbocycles. The van der Waals surface area contributed by atoms with E-state index in [1.807, 2.05) is 32.2 Å². The summed E-state index contributed by atoms with van der Waals surface area (Å²) in [6.45, 7) is 6.53. The van der Waals surface area contributed by atoms with E-state index < -0.39 is 0 Å². The minimum Gasteiger partial charge on any atom is -0.333 e. The minimum absolute atomic E-state index is 0.0823. The molecule has 23 heavy (non-hydrogen) atoms. The maximum Gasteiger partial charge on any atom is 0.267 e. The van der Waals surface area contributed by atoms with Crippen LogP contribution in [-0.4, -0.2) is 26.6 Å². The molecule has 0 unspecified atom stereocenters. The summed E-state index contributed by atoms with van der Waals surface area (Å²) in [7, 11) is 0. The maximum absolute atomic E-state index is 12.7. The predicted molar refractivity (Wildman–Crippen MR) is 92.9 cm³/mol. The Balaban J connectivity index is 2.21. The van der Waals surface area contributed by atoms with E-state index in [4.69, 9.17) is 11.6 Å². The molecule has 7 heteroatoms. The highest BCUT2D eigenvalue weighted by Gasteiger charge is 2.21. The number of hydrogen-bond donors (Lipinski definition) is 0. The molecule has 2 aromatic rings. The van der Waals surface area contributed by atoms with Crippen LogP contribution in [0.5, 0.6) is 0 Å². The Kier molecular flexibility index (Phi) is 5.96. The van der Waals surface area contributed by atoms with E-state index in [-0.39, 0.29) is 29.2 Å². The topological polar surface area (TPSA) is 55.2 Å². The van der Waals surface area contributed by atoms with Crippen molar-refractivity contribution in [3.05, 3.63) is 49.5 Å². The average molecular weight is 354 g/mol. The van der Waals surface area contributed by atoms with E-state index >= 15 is 0 Å². The number of hydrogen-bond acceptors (Lipinski definition) is 4. The highest BCUT2D eigenvalue weighted by Crippen LogP contribution is 2.20. The fourth-order valence-electron chi connectivity index (χ4n) is 2.19. The summed E-state index contributed by atoms with van der Waals surface area (Å²) < 4.78 is 1.11. The molecule has 2 aromatic heterocycles. The summed E-state index contributed by atoms with van der Waals surface area (Å²) in [5.74, 6) is -0.135. The highest BCUT2D eigenvalue weighted by molar-refractivity contribution is 7.10. The standard InChI is InChI=1S/C16H20ClN3O2S/c1-4-12(3)19(9-13-11(2)7-8-23-13)16(22)10-20-15(21)6-5-14(17)18-20/h5-8,12H,4,9-10H2,1-3H3/t12-/m0/s1. The van der Waals surface area contributed by atoms with Gasteiger partial charge in [-0.05, 0) is 43.3 Å². The summed E-state index contributed by atoms with van der Waals surface area (Å²) >= 11 is 7.45. The lowest BCUT2D eigenvalue weighted by Crippen LogP contribution is -2.41. The molecule has 2 rings (SSSR count). The van der Waals surface area contributed by atoms with Crippen LogP contribution in [0.1, 0.15) is 30.7 Å². The maximum atomic E-state index is 12.7. The molecule has 2 heterocycles. The van der Waals surface area contributed by atoms with Crippen LogP contribution in [0.4, 0.5) is 0 Å². The average Bonchev–Trinajstić information content (AvgIpc) is 2.92. The molecule has 0 aliphatic rings. The molecular weight excluding hydrogens is 334 g/mol.